The smallest absolute Gasteiger partial charge is 0.146 e. The molecule has 3 heteroatoms. The molecule has 0 bridgehead atoms. The van der Waals surface area contributed by atoms with Crippen LogP contribution < -0.4 is 10.2 Å². The van der Waals surface area contributed by atoms with E-state index >= 15 is 0 Å². The van der Waals surface area contributed by atoms with Gasteiger partial charge in [0.25, 0.3) is 0 Å². The highest BCUT2D eigenvalue weighted by Gasteiger charge is 2.24. The Morgan fingerprint density at radius 1 is 1.20 bits per heavy atom. The van der Waals surface area contributed by atoms with E-state index in [9.17, 15) is 4.39 Å². The number of nitrogens with one attached hydrogen (secondary N) is 1. The number of benzene rings is 1. The predicted molar refractivity (Wildman–Crippen MR) is 81.4 cm³/mol. The summed E-state index contributed by atoms with van der Waals surface area (Å²) in [4.78, 5) is 2.21. The first kappa shape index (κ1) is 13.9. The number of hydrogen-bond acceptors (Lipinski definition) is 2. The lowest BCUT2D eigenvalue weighted by Crippen LogP contribution is -2.38. The quantitative estimate of drug-likeness (QED) is 0.904. The summed E-state index contributed by atoms with van der Waals surface area (Å²) in [6.07, 6.45) is 3.69. The molecule has 0 radical (unpaired) electrons. The summed E-state index contributed by atoms with van der Waals surface area (Å²) in [7, 11) is 0. The van der Waals surface area contributed by atoms with Crippen LogP contribution in [0.4, 0.5) is 10.1 Å². The first-order valence-corrected chi connectivity index (χ1v) is 7.90. The minimum Gasteiger partial charge on any atom is -0.369 e. The van der Waals surface area contributed by atoms with Crippen LogP contribution in [0.15, 0.2) is 18.2 Å². The van der Waals surface area contributed by atoms with Gasteiger partial charge in [0.2, 0.25) is 0 Å². The summed E-state index contributed by atoms with van der Waals surface area (Å²) in [6, 6.07) is 6.40. The van der Waals surface area contributed by atoms with Gasteiger partial charge in [0, 0.05) is 25.7 Å². The first-order valence-electron chi connectivity index (χ1n) is 7.90. The minimum atomic E-state index is -0.0677. The van der Waals surface area contributed by atoms with E-state index in [1.807, 2.05) is 6.07 Å². The van der Waals surface area contributed by atoms with Gasteiger partial charge in [-0.05, 0) is 48.8 Å². The third kappa shape index (κ3) is 3.14. The number of anilines is 1. The zero-order chi connectivity index (χ0) is 14.1. The van der Waals surface area contributed by atoms with Crippen molar-refractivity contribution in [2.45, 2.75) is 45.7 Å². The van der Waals surface area contributed by atoms with E-state index in [2.05, 4.69) is 30.1 Å². The topological polar surface area (TPSA) is 15.3 Å². The number of nitrogens with zero attached hydrogens (tertiary/aromatic N) is 1. The van der Waals surface area contributed by atoms with Gasteiger partial charge in [-0.3, -0.25) is 0 Å². The molecule has 0 amide bonds. The van der Waals surface area contributed by atoms with Crippen molar-refractivity contribution < 1.29 is 4.39 Å². The van der Waals surface area contributed by atoms with Gasteiger partial charge in [-0.2, -0.15) is 0 Å². The fourth-order valence-electron chi connectivity index (χ4n) is 2.95. The highest BCUT2D eigenvalue weighted by molar-refractivity contribution is 5.49. The van der Waals surface area contributed by atoms with Crippen LogP contribution in [0.1, 0.15) is 38.7 Å². The van der Waals surface area contributed by atoms with Crippen molar-refractivity contribution in [1.82, 2.24) is 5.32 Å². The molecule has 2 nitrogen and oxygen atoms in total. The van der Waals surface area contributed by atoms with Crippen LogP contribution in [0.5, 0.6) is 0 Å². The molecule has 2 unspecified atom stereocenters. The van der Waals surface area contributed by atoms with Gasteiger partial charge < -0.3 is 10.2 Å². The van der Waals surface area contributed by atoms with Crippen LogP contribution in [0.3, 0.4) is 0 Å². The molecule has 0 spiro atoms. The van der Waals surface area contributed by atoms with Crippen molar-refractivity contribution in [2.75, 3.05) is 18.0 Å². The van der Waals surface area contributed by atoms with Crippen molar-refractivity contribution in [3.8, 4) is 0 Å². The maximum absolute atomic E-state index is 14.3. The van der Waals surface area contributed by atoms with Crippen LogP contribution in [0, 0.1) is 17.7 Å². The summed E-state index contributed by atoms with van der Waals surface area (Å²) < 4.78 is 14.3. The lowest BCUT2D eigenvalue weighted by molar-refractivity contribution is 0.322. The fraction of sp³-hybridized carbons (Fsp3) is 0.647. The Labute approximate surface area is 121 Å². The minimum absolute atomic E-state index is 0.0677. The van der Waals surface area contributed by atoms with Crippen molar-refractivity contribution in [2.24, 2.45) is 11.8 Å². The van der Waals surface area contributed by atoms with Crippen molar-refractivity contribution in [3.63, 3.8) is 0 Å². The standard InChI is InChI=1S/C17H25FN2/c1-12-7-8-20(11-13(12)2)17-6-3-14(9-16(17)18)10-19-15-4-5-15/h3,6,9,12-13,15,19H,4-5,7-8,10-11H2,1-2H3. The molecule has 2 atom stereocenters. The van der Waals surface area contributed by atoms with Crippen molar-refractivity contribution >= 4 is 5.69 Å². The molecule has 1 N–H and O–H groups in total. The van der Waals surface area contributed by atoms with E-state index in [0.29, 0.717) is 12.0 Å². The van der Waals surface area contributed by atoms with Crippen molar-refractivity contribution in [3.05, 3.63) is 29.6 Å². The number of hydrogen-bond donors (Lipinski definition) is 1. The summed E-state index contributed by atoms with van der Waals surface area (Å²) in [5.74, 6) is 1.32. The summed E-state index contributed by atoms with van der Waals surface area (Å²) in [5, 5.41) is 3.43. The zero-order valence-corrected chi connectivity index (χ0v) is 12.5. The van der Waals surface area contributed by atoms with E-state index in [0.717, 1.165) is 43.2 Å². The number of piperidine rings is 1. The largest absolute Gasteiger partial charge is 0.369 e. The first-order chi connectivity index (χ1) is 9.63. The van der Waals surface area contributed by atoms with Crippen molar-refractivity contribution in [1.29, 1.82) is 0 Å². The second-order valence-corrected chi connectivity index (χ2v) is 6.63. The molecule has 1 aliphatic carbocycles. The Kier molecular flexibility index (Phi) is 3.97. The van der Waals surface area contributed by atoms with E-state index in [-0.39, 0.29) is 5.82 Å². The third-order valence-electron chi connectivity index (χ3n) is 4.86. The maximum Gasteiger partial charge on any atom is 0.146 e. The molecule has 3 rings (SSSR count). The van der Waals surface area contributed by atoms with Gasteiger partial charge in [-0.1, -0.05) is 19.9 Å². The normalized spacial score (nSPS) is 26.9. The van der Waals surface area contributed by atoms with E-state index in [1.165, 1.54) is 12.8 Å². The summed E-state index contributed by atoms with van der Waals surface area (Å²) in [6.45, 7) is 7.29. The summed E-state index contributed by atoms with van der Waals surface area (Å²) in [5.41, 5.74) is 1.83. The zero-order valence-electron chi connectivity index (χ0n) is 12.5. The Morgan fingerprint density at radius 2 is 2.00 bits per heavy atom. The highest BCUT2D eigenvalue weighted by Crippen LogP contribution is 2.29. The number of rotatable bonds is 4. The molecule has 1 heterocycles. The molecule has 1 saturated carbocycles. The molecule has 0 aromatic heterocycles. The molecule has 20 heavy (non-hydrogen) atoms. The Bertz CT molecular complexity index is 470. The fourth-order valence-corrected chi connectivity index (χ4v) is 2.95. The SMILES string of the molecule is CC1CCN(c2ccc(CNC3CC3)cc2F)CC1C. The molecule has 2 aliphatic rings. The lowest BCUT2D eigenvalue weighted by Gasteiger charge is -2.37. The monoisotopic (exact) mass is 276 g/mol. The molecule has 1 saturated heterocycles. The van der Waals surface area contributed by atoms with Crippen LogP contribution >= 0.6 is 0 Å². The van der Waals surface area contributed by atoms with Gasteiger partial charge in [0.05, 0.1) is 5.69 Å². The molecule has 1 aliphatic heterocycles. The Balaban J connectivity index is 1.66. The molecule has 1 aromatic carbocycles. The van der Waals surface area contributed by atoms with E-state index in [4.69, 9.17) is 0 Å². The van der Waals surface area contributed by atoms with Gasteiger partial charge in [-0.15, -0.1) is 0 Å². The van der Waals surface area contributed by atoms with Crippen LogP contribution in [0.25, 0.3) is 0 Å². The third-order valence-corrected chi connectivity index (χ3v) is 4.86. The average molecular weight is 276 g/mol. The lowest BCUT2D eigenvalue weighted by atomic mass is 9.88. The second kappa shape index (κ2) is 5.72. The number of halogens is 1. The van der Waals surface area contributed by atoms with Crippen LogP contribution in [0.2, 0.25) is 0 Å². The molecule has 1 aromatic rings. The van der Waals surface area contributed by atoms with Gasteiger partial charge >= 0.3 is 0 Å². The molecular formula is C17H25FN2. The maximum atomic E-state index is 14.3. The van der Waals surface area contributed by atoms with Crippen LogP contribution in [-0.2, 0) is 6.54 Å². The average Bonchev–Trinajstić information content (AvgIpc) is 3.24. The molecular weight excluding hydrogens is 251 g/mol. The van der Waals surface area contributed by atoms with Gasteiger partial charge in [0.15, 0.2) is 0 Å². The molecule has 110 valence electrons. The molecule has 2 fully saturated rings. The van der Waals surface area contributed by atoms with Gasteiger partial charge in [0.1, 0.15) is 5.82 Å². The predicted octanol–water partition coefficient (Wildman–Crippen LogP) is 3.56. The van der Waals surface area contributed by atoms with Gasteiger partial charge in [-0.25, -0.2) is 4.39 Å². The van der Waals surface area contributed by atoms with E-state index in [1.54, 1.807) is 6.07 Å². The Morgan fingerprint density at radius 3 is 2.65 bits per heavy atom. The highest BCUT2D eigenvalue weighted by atomic mass is 19.1. The van der Waals surface area contributed by atoms with Crippen LogP contribution in [-0.4, -0.2) is 19.1 Å². The van der Waals surface area contributed by atoms with E-state index < -0.39 is 0 Å². The second-order valence-electron chi connectivity index (χ2n) is 6.63. The Hall–Kier alpha value is -1.09. The summed E-state index contributed by atoms with van der Waals surface area (Å²) >= 11 is 0.